The molecule has 4 heteroatoms. The summed E-state index contributed by atoms with van der Waals surface area (Å²) < 4.78 is 0. The Bertz CT molecular complexity index is 676. The molecule has 0 aliphatic carbocycles. The highest BCUT2D eigenvalue weighted by atomic mass is 16.2. The fourth-order valence-electron chi connectivity index (χ4n) is 2.79. The molecule has 0 saturated heterocycles. The minimum absolute atomic E-state index is 0.269. The highest BCUT2D eigenvalue weighted by Gasteiger charge is 2.22. The molecule has 0 fully saturated rings. The fraction of sp³-hybridized carbons (Fsp3) is 0.182. The van der Waals surface area contributed by atoms with E-state index in [0.29, 0.717) is 12.8 Å². The molecule has 0 aliphatic heterocycles. The largest absolute Gasteiger partial charge is 0.273 e. The van der Waals surface area contributed by atoms with Gasteiger partial charge >= 0.3 is 0 Å². The van der Waals surface area contributed by atoms with Gasteiger partial charge in [0.1, 0.15) is 0 Å². The minimum Gasteiger partial charge on any atom is -0.273 e. The molecule has 4 nitrogen and oxygen atoms in total. The average molecular weight is 348 g/mol. The number of amides is 2. The first-order valence-electron chi connectivity index (χ1n) is 8.58. The van der Waals surface area contributed by atoms with Crippen molar-refractivity contribution >= 4 is 11.8 Å². The zero-order chi connectivity index (χ0) is 18.8. The molecule has 0 aromatic heterocycles. The molecular weight excluding hydrogens is 324 g/mol. The summed E-state index contributed by atoms with van der Waals surface area (Å²) in [6.45, 7) is 7.43. The van der Waals surface area contributed by atoms with E-state index in [1.807, 2.05) is 60.7 Å². The molecule has 134 valence electrons. The lowest BCUT2D eigenvalue weighted by molar-refractivity contribution is -0.130. The van der Waals surface area contributed by atoms with E-state index < -0.39 is 11.8 Å². The van der Waals surface area contributed by atoms with Gasteiger partial charge in [-0.3, -0.25) is 20.4 Å². The van der Waals surface area contributed by atoms with Crippen molar-refractivity contribution in [3.63, 3.8) is 0 Å². The highest BCUT2D eigenvalue weighted by molar-refractivity contribution is 5.89. The SMILES string of the molecule is C=CCC(C(=O)NNC(=O)C(CC=C)c1ccccc1)c1ccccc1. The molecule has 0 aliphatic rings. The minimum atomic E-state index is -0.399. The second kappa shape index (κ2) is 9.99. The molecule has 0 bridgehead atoms. The van der Waals surface area contributed by atoms with Crippen LogP contribution < -0.4 is 10.9 Å². The Morgan fingerprint density at radius 2 is 1.08 bits per heavy atom. The van der Waals surface area contributed by atoms with Crippen LogP contribution in [-0.4, -0.2) is 11.8 Å². The summed E-state index contributed by atoms with van der Waals surface area (Å²) in [6.07, 6.45) is 4.37. The monoisotopic (exact) mass is 348 g/mol. The molecule has 26 heavy (non-hydrogen) atoms. The molecule has 2 rings (SSSR count). The van der Waals surface area contributed by atoms with Gasteiger partial charge in [-0.15, -0.1) is 13.2 Å². The quantitative estimate of drug-likeness (QED) is 0.562. The fourth-order valence-corrected chi connectivity index (χ4v) is 2.79. The molecular formula is C22H24N2O2. The van der Waals surface area contributed by atoms with Gasteiger partial charge in [-0.05, 0) is 24.0 Å². The van der Waals surface area contributed by atoms with Crippen molar-refractivity contribution in [3.8, 4) is 0 Å². The topological polar surface area (TPSA) is 58.2 Å². The first-order valence-corrected chi connectivity index (χ1v) is 8.58. The van der Waals surface area contributed by atoms with Gasteiger partial charge in [0.2, 0.25) is 11.8 Å². The maximum atomic E-state index is 12.6. The van der Waals surface area contributed by atoms with Crippen LogP contribution in [0, 0.1) is 0 Å². The molecule has 2 aromatic rings. The van der Waals surface area contributed by atoms with E-state index in [4.69, 9.17) is 0 Å². The Morgan fingerprint density at radius 1 is 0.731 bits per heavy atom. The van der Waals surface area contributed by atoms with Crippen LogP contribution in [0.1, 0.15) is 35.8 Å². The summed E-state index contributed by atoms with van der Waals surface area (Å²) in [5.41, 5.74) is 6.87. The molecule has 0 saturated carbocycles. The van der Waals surface area contributed by atoms with Crippen molar-refractivity contribution in [1.82, 2.24) is 10.9 Å². The van der Waals surface area contributed by atoms with Crippen molar-refractivity contribution in [1.29, 1.82) is 0 Å². The van der Waals surface area contributed by atoms with Crippen LogP contribution in [0.4, 0.5) is 0 Å². The molecule has 2 N–H and O–H groups in total. The van der Waals surface area contributed by atoms with E-state index in [9.17, 15) is 9.59 Å². The van der Waals surface area contributed by atoms with Crippen molar-refractivity contribution in [3.05, 3.63) is 97.1 Å². The summed E-state index contributed by atoms with van der Waals surface area (Å²) in [4.78, 5) is 25.1. The van der Waals surface area contributed by atoms with Crippen LogP contribution in [0.25, 0.3) is 0 Å². The summed E-state index contributed by atoms with van der Waals surface area (Å²) >= 11 is 0. The molecule has 0 spiro atoms. The third-order valence-corrected chi connectivity index (χ3v) is 4.15. The van der Waals surface area contributed by atoms with Gasteiger partial charge in [0.25, 0.3) is 0 Å². The van der Waals surface area contributed by atoms with Crippen LogP contribution in [0.15, 0.2) is 86.0 Å². The van der Waals surface area contributed by atoms with E-state index >= 15 is 0 Å². The third kappa shape index (κ3) is 5.18. The van der Waals surface area contributed by atoms with Crippen LogP contribution in [0.2, 0.25) is 0 Å². The molecule has 2 atom stereocenters. The second-order valence-electron chi connectivity index (χ2n) is 5.95. The number of carbonyl (C=O) groups is 2. The van der Waals surface area contributed by atoms with Crippen LogP contribution >= 0.6 is 0 Å². The Balaban J connectivity index is 2.04. The number of nitrogens with one attached hydrogen (secondary N) is 2. The number of benzene rings is 2. The van der Waals surface area contributed by atoms with E-state index in [-0.39, 0.29) is 11.8 Å². The van der Waals surface area contributed by atoms with Crippen LogP contribution in [0.3, 0.4) is 0 Å². The maximum absolute atomic E-state index is 12.6. The highest BCUT2D eigenvalue weighted by Crippen LogP contribution is 2.21. The standard InChI is InChI=1S/C22H24N2O2/c1-3-11-19(17-13-7-5-8-14-17)21(25)23-24-22(26)20(12-4-2)18-15-9-6-10-16-18/h3-10,13-16,19-20H,1-2,11-12H2,(H,23,25)(H,24,26). The van der Waals surface area contributed by atoms with Crippen LogP contribution in [0.5, 0.6) is 0 Å². The Morgan fingerprint density at radius 3 is 1.38 bits per heavy atom. The number of hydrogen-bond acceptors (Lipinski definition) is 2. The van der Waals surface area contributed by atoms with E-state index in [0.717, 1.165) is 11.1 Å². The normalized spacial score (nSPS) is 12.5. The van der Waals surface area contributed by atoms with E-state index in [1.54, 1.807) is 12.2 Å². The van der Waals surface area contributed by atoms with Gasteiger partial charge in [-0.1, -0.05) is 72.8 Å². The lowest BCUT2D eigenvalue weighted by atomic mass is 9.94. The zero-order valence-electron chi connectivity index (χ0n) is 14.7. The predicted molar refractivity (Wildman–Crippen MR) is 104 cm³/mol. The summed E-state index contributed by atoms with van der Waals surface area (Å²) in [5, 5.41) is 0. The number of allylic oxidation sites excluding steroid dienone is 2. The second-order valence-corrected chi connectivity index (χ2v) is 5.95. The molecule has 0 radical (unpaired) electrons. The van der Waals surface area contributed by atoms with E-state index in [1.165, 1.54) is 0 Å². The van der Waals surface area contributed by atoms with Crippen molar-refractivity contribution in [2.75, 3.05) is 0 Å². The van der Waals surface area contributed by atoms with Crippen molar-refractivity contribution in [2.45, 2.75) is 24.7 Å². The van der Waals surface area contributed by atoms with Gasteiger partial charge in [0.15, 0.2) is 0 Å². The molecule has 2 unspecified atom stereocenters. The summed E-state index contributed by atoms with van der Waals surface area (Å²) in [5.74, 6) is -1.34. The third-order valence-electron chi connectivity index (χ3n) is 4.15. The van der Waals surface area contributed by atoms with E-state index in [2.05, 4.69) is 24.0 Å². The maximum Gasteiger partial charge on any atom is 0.246 e. The van der Waals surface area contributed by atoms with Gasteiger partial charge in [0, 0.05) is 0 Å². The molecule has 0 heterocycles. The lowest BCUT2D eigenvalue weighted by Gasteiger charge is -2.19. The van der Waals surface area contributed by atoms with Crippen molar-refractivity contribution in [2.24, 2.45) is 0 Å². The molecule has 2 amide bonds. The Labute approximate surface area is 154 Å². The van der Waals surface area contributed by atoms with Gasteiger partial charge < -0.3 is 0 Å². The summed E-state index contributed by atoms with van der Waals surface area (Å²) in [6, 6.07) is 18.9. The van der Waals surface area contributed by atoms with Gasteiger partial charge in [-0.25, -0.2) is 0 Å². The number of rotatable bonds is 8. The Kier molecular flexibility index (Phi) is 7.37. The Hall–Kier alpha value is -3.14. The smallest absolute Gasteiger partial charge is 0.246 e. The lowest BCUT2D eigenvalue weighted by Crippen LogP contribution is -2.45. The number of carbonyl (C=O) groups excluding carboxylic acids is 2. The zero-order valence-corrected chi connectivity index (χ0v) is 14.7. The number of hydrazine groups is 1. The first-order chi connectivity index (χ1) is 12.7. The van der Waals surface area contributed by atoms with Gasteiger partial charge in [-0.2, -0.15) is 0 Å². The summed E-state index contributed by atoms with van der Waals surface area (Å²) in [7, 11) is 0. The average Bonchev–Trinajstić information content (AvgIpc) is 2.69. The first kappa shape index (κ1) is 19.2. The molecule has 2 aromatic carbocycles. The van der Waals surface area contributed by atoms with Gasteiger partial charge in [0.05, 0.1) is 11.8 Å². The van der Waals surface area contributed by atoms with Crippen molar-refractivity contribution < 1.29 is 9.59 Å². The van der Waals surface area contributed by atoms with Crippen LogP contribution in [-0.2, 0) is 9.59 Å². The predicted octanol–water partition coefficient (Wildman–Crippen LogP) is 3.85. The number of hydrogen-bond donors (Lipinski definition) is 2.